The van der Waals surface area contributed by atoms with Gasteiger partial charge < -0.3 is 21.1 Å². The molecule has 0 saturated heterocycles. The molecule has 0 bridgehead atoms. The first-order chi connectivity index (χ1) is 16.1. The molecule has 1 aliphatic heterocycles. The van der Waals surface area contributed by atoms with Crippen LogP contribution in [0.1, 0.15) is 18.2 Å². The monoisotopic (exact) mass is 461 g/mol. The maximum absolute atomic E-state index is 15.1. The fourth-order valence-corrected chi connectivity index (χ4v) is 4.35. The van der Waals surface area contributed by atoms with Gasteiger partial charge in [0, 0.05) is 48.2 Å². The van der Waals surface area contributed by atoms with E-state index in [2.05, 4.69) is 20.4 Å². The topological polar surface area (TPSA) is 122 Å². The Bertz CT molecular complexity index is 1450. The maximum Gasteiger partial charge on any atom is 0.244 e. The molecular formula is C24H24FN7O2. The Balaban J connectivity index is 1.53. The third kappa shape index (κ3) is 3.61. The van der Waals surface area contributed by atoms with Crippen molar-refractivity contribution < 1.29 is 14.3 Å². The fourth-order valence-electron chi connectivity index (χ4n) is 4.35. The SMILES string of the molecule is Cc1ccncc1-c1cc2cc(Nc3cc4n(n3)CC(=O)N(C)CC4(C)O)ncc2c(N)c1F. The summed E-state index contributed by atoms with van der Waals surface area (Å²) in [5, 5.41) is 19.6. The molecule has 4 aromatic rings. The van der Waals surface area contributed by atoms with Crippen LogP contribution in [0, 0.1) is 12.7 Å². The summed E-state index contributed by atoms with van der Waals surface area (Å²) >= 11 is 0. The van der Waals surface area contributed by atoms with Crippen molar-refractivity contribution in [2.45, 2.75) is 26.0 Å². The molecule has 3 aromatic heterocycles. The number of anilines is 3. The highest BCUT2D eigenvalue weighted by atomic mass is 19.1. The zero-order chi connectivity index (χ0) is 24.2. The summed E-state index contributed by atoms with van der Waals surface area (Å²) < 4.78 is 16.6. The largest absolute Gasteiger partial charge is 0.396 e. The van der Waals surface area contributed by atoms with Crippen LogP contribution in [-0.2, 0) is 16.9 Å². The van der Waals surface area contributed by atoms with Crippen molar-refractivity contribution in [3.63, 3.8) is 0 Å². The number of nitrogens with one attached hydrogen (secondary N) is 1. The van der Waals surface area contributed by atoms with E-state index >= 15 is 4.39 Å². The number of pyridine rings is 2. The Kier molecular flexibility index (Phi) is 4.98. The number of halogens is 1. The molecule has 0 aliphatic carbocycles. The lowest BCUT2D eigenvalue weighted by atomic mass is 9.98. The molecule has 0 spiro atoms. The Hall–Kier alpha value is -4.05. The van der Waals surface area contributed by atoms with Crippen molar-refractivity contribution in [1.82, 2.24) is 24.6 Å². The summed E-state index contributed by atoms with van der Waals surface area (Å²) in [5.74, 6) is 0.232. The zero-order valence-electron chi connectivity index (χ0n) is 19.0. The Labute approximate surface area is 195 Å². The Morgan fingerprint density at radius 3 is 2.76 bits per heavy atom. The van der Waals surface area contributed by atoms with Crippen LogP contribution >= 0.6 is 0 Å². The van der Waals surface area contributed by atoms with Gasteiger partial charge in [-0.15, -0.1) is 0 Å². The number of carbonyl (C=O) groups is 1. The minimum Gasteiger partial charge on any atom is -0.396 e. The second kappa shape index (κ2) is 7.77. The van der Waals surface area contributed by atoms with Crippen molar-refractivity contribution in [3.05, 3.63) is 59.9 Å². The normalized spacial score (nSPS) is 18.1. The minimum atomic E-state index is -1.26. The summed E-state index contributed by atoms with van der Waals surface area (Å²) in [5.41, 5.74) is 7.29. The van der Waals surface area contributed by atoms with E-state index in [9.17, 15) is 9.90 Å². The lowest BCUT2D eigenvalue weighted by molar-refractivity contribution is -0.132. The average molecular weight is 462 g/mol. The maximum atomic E-state index is 15.1. The van der Waals surface area contributed by atoms with Crippen molar-refractivity contribution in [2.24, 2.45) is 0 Å². The predicted octanol–water partition coefficient (Wildman–Crippen LogP) is 2.95. The van der Waals surface area contributed by atoms with Gasteiger partial charge in [0.25, 0.3) is 0 Å². The number of nitrogen functional groups attached to an aromatic ring is 1. The van der Waals surface area contributed by atoms with Crippen molar-refractivity contribution in [1.29, 1.82) is 0 Å². The van der Waals surface area contributed by atoms with E-state index in [1.54, 1.807) is 44.6 Å². The highest BCUT2D eigenvalue weighted by molar-refractivity contribution is 5.98. The van der Waals surface area contributed by atoms with E-state index in [0.717, 1.165) is 5.56 Å². The molecule has 1 unspecified atom stereocenters. The average Bonchev–Trinajstić information content (AvgIpc) is 3.16. The molecule has 34 heavy (non-hydrogen) atoms. The first-order valence-corrected chi connectivity index (χ1v) is 10.7. The van der Waals surface area contributed by atoms with Crippen LogP contribution in [0.2, 0.25) is 0 Å². The number of aryl methyl sites for hydroxylation is 1. The summed E-state index contributed by atoms with van der Waals surface area (Å²) in [4.78, 5) is 22.2. The number of β-amino-alcohol motifs (C(OH)–C–C–N with tert-alkyl or cyclic N) is 1. The van der Waals surface area contributed by atoms with Gasteiger partial charge in [-0.25, -0.2) is 9.37 Å². The molecule has 174 valence electrons. The molecule has 10 heteroatoms. The number of rotatable bonds is 3. The molecule has 5 rings (SSSR count). The molecule has 4 heterocycles. The highest BCUT2D eigenvalue weighted by Gasteiger charge is 2.35. The number of carbonyl (C=O) groups excluding carboxylic acids is 1. The first-order valence-electron chi connectivity index (χ1n) is 10.7. The third-order valence-corrected chi connectivity index (χ3v) is 6.17. The molecule has 0 saturated carbocycles. The second-order valence-electron chi connectivity index (χ2n) is 8.85. The fraction of sp³-hybridized carbons (Fsp3) is 0.250. The van der Waals surface area contributed by atoms with E-state index in [-0.39, 0.29) is 24.7 Å². The third-order valence-electron chi connectivity index (χ3n) is 6.17. The van der Waals surface area contributed by atoms with E-state index in [4.69, 9.17) is 5.73 Å². The Morgan fingerprint density at radius 2 is 2.00 bits per heavy atom. The molecule has 1 aromatic carbocycles. The highest BCUT2D eigenvalue weighted by Crippen LogP contribution is 2.35. The van der Waals surface area contributed by atoms with Crippen LogP contribution in [0.25, 0.3) is 21.9 Å². The standard InChI is InChI=1S/C24H24FN7O2/c1-13-4-5-27-9-16(13)15-6-14-7-19(28-10-17(14)23(26)22(15)25)29-20-8-18-24(2,34)12-31(3)21(33)11-32(18)30-20/h4-10,34H,11-12,26H2,1-3H3,(H,28,29,30). The van der Waals surface area contributed by atoms with Gasteiger partial charge >= 0.3 is 0 Å². The summed E-state index contributed by atoms with van der Waals surface area (Å²) in [6, 6.07) is 6.98. The van der Waals surface area contributed by atoms with Gasteiger partial charge in [0.15, 0.2) is 11.6 Å². The van der Waals surface area contributed by atoms with Crippen molar-refractivity contribution >= 4 is 34.0 Å². The van der Waals surface area contributed by atoms with Crippen LogP contribution in [0.3, 0.4) is 0 Å². The molecule has 0 fully saturated rings. The smallest absolute Gasteiger partial charge is 0.244 e. The number of fused-ring (bicyclic) bond motifs is 2. The van der Waals surface area contributed by atoms with Gasteiger partial charge in [0.2, 0.25) is 5.91 Å². The lowest BCUT2D eigenvalue weighted by Gasteiger charge is -2.25. The zero-order valence-corrected chi connectivity index (χ0v) is 19.0. The number of amides is 1. The van der Waals surface area contributed by atoms with Crippen LogP contribution in [0.4, 0.5) is 21.7 Å². The predicted molar refractivity (Wildman–Crippen MR) is 127 cm³/mol. The number of nitrogens with two attached hydrogens (primary N) is 1. The van der Waals surface area contributed by atoms with Crippen LogP contribution in [0.5, 0.6) is 0 Å². The first kappa shape index (κ1) is 21.8. The van der Waals surface area contributed by atoms with Crippen LogP contribution in [0.15, 0.2) is 42.9 Å². The van der Waals surface area contributed by atoms with E-state index in [1.807, 2.05) is 13.0 Å². The van der Waals surface area contributed by atoms with Gasteiger partial charge in [-0.2, -0.15) is 5.10 Å². The lowest BCUT2D eigenvalue weighted by Crippen LogP contribution is -2.37. The molecule has 4 N–H and O–H groups in total. The van der Waals surface area contributed by atoms with Gasteiger partial charge in [-0.1, -0.05) is 0 Å². The van der Waals surface area contributed by atoms with Crippen molar-refractivity contribution in [2.75, 3.05) is 24.6 Å². The van der Waals surface area contributed by atoms with E-state index < -0.39 is 11.4 Å². The minimum absolute atomic E-state index is 0.0159. The summed E-state index contributed by atoms with van der Waals surface area (Å²) in [6.45, 7) is 3.72. The van der Waals surface area contributed by atoms with Gasteiger partial charge in [-0.3, -0.25) is 14.5 Å². The van der Waals surface area contributed by atoms with Crippen molar-refractivity contribution in [3.8, 4) is 11.1 Å². The van der Waals surface area contributed by atoms with Gasteiger partial charge in [0.1, 0.15) is 18.0 Å². The molecule has 1 aliphatic rings. The molecule has 9 nitrogen and oxygen atoms in total. The van der Waals surface area contributed by atoms with Crippen LogP contribution < -0.4 is 11.1 Å². The number of benzene rings is 1. The van der Waals surface area contributed by atoms with Crippen LogP contribution in [-0.4, -0.2) is 49.3 Å². The molecular weight excluding hydrogens is 437 g/mol. The van der Waals surface area contributed by atoms with E-state index in [1.165, 1.54) is 15.8 Å². The molecule has 1 atom stereocenters. The van der Waals surface area contributed by atoms with Gasteiger partial charge in [0.05, 0.1) is 17.9 Å². The number of nitrogens with zero attached hydrogens (tertiary/aromatic N) is 5. The summed E-state index contributed by atoms with van der Waals surface area (Å²) in [6.07, 6.45) is 4.77. The number of likely N-dealkylation sites (N-methyl/N-ethyl adjacent to an activating group) is 1. The molecule has 0 radical (unpaired) electrons. The van der Waals surface area contributed by atoms with Gasteiger partial charge in [-0.05, 0) is 43.0 Å². The number of hydrogen-bond acceptors (Lipinski definition) is 7. The number of aromatic nitrogens is 4. The Morgan fingerprint density at radius 1 is 1.21 bits per heavy atom. The van der Waals surface area contributed by atoms with E-state index in [0.29, 0.717) is 39.2 Å². The number of aliphatic hydroxyl groups is 1. The quantitative estimate of drug-likeness (QED) is 0.401. The summed E-state index contributed by atoms with van der Waals surface area (Å²) in [7, 11) is 1.65. The second-order valence-corrected chi connectivity index (χ2v) is 8.85. The number of hydrogen-bond donors (Lipinski definition) is 3. The molecule has 1 amide bonds.